The van der Waals surface area contributed by atoms with Crippen LogP contribution in [0.2, 0.25) is 0 Å². The lowest BCUT2D eigenvalue weighted by molar-refractivity contribution is -0.117. The van der Waals surface area contributed by atoms with E-state index in [1.807, 2.05) is 23.6 Å². The molecule has 1 aromatic heterocycles. The van der Waals surface area contributed by atoms with E-state index in [1.165, 1.54) is 11.3 Å². The first-order chi connectivity index (χ1) is 11.7. The first-order valence-electron chi connectivity index (χ1n) is 7.77. The van der Waals surface area contributed by atoms with Crippen LogP contribution in [-0.4, -0.2) is 47.9 Å². The molecule has 3 heterocycles. The van der Waals surface area contributed by atoms with Crippen LogP contribution >= 0.6 is 11.3 Å². The van der Waals surface area contributed by atoms with E-state index >= 15 is 0 Å². The molecule has 1 amide bonds. The van der Waals surface area contributed by atoms with E-state index < -0.39 is 6.10 Å². The zero-order chi connectivity index (χ0) is 16.5. The van der Waals surface area contributed by atoms with Crippen molar-refractivity contribution in [3.63, 3.8) is 0 Å². The Bertz CT molecular complexity index is 764. The van der Waals surface area contributed by atoms with Gasteiger partial charge >= 0.3 is 0 Å². The van der Waals surface area contributed by atoms with Crippen molar-refractivity contribution in [2.45, 2.75) is 18.6 Å². The highest BCUT2D eigenvalue weighted by molar-refractivity contribution is 7.14. The second kappa shape index (κ2) is 6.39. The van der Waals surface area contributed by atoms with Gasteiger partial charge in [-0.05, 0) is 24.6 Å². The summed E-state index contributed by atoms with van der Waals surface area (Å²) in [6.07, 6.45) is -0.0445. The molecule has 24 heavy (non-hydrogen) atoms. The summed E-state index contributed by atoms with van der Waals surface area (Å²) in [5, 5.41) is 17.7. The third-order valence-corrected chi connectivity index (χ3v) is 4.75. The number of nitrogens with zero attached hydrogens (tertiary/aromatic N) is 1. The number of carbonyl (C=O) groups is 1. The molecule has 0 saturated carbocycles. The molecule has 8 heteroatoms. The predicted octanol–water partition coefficient (Wildman–Crippen LogP) is 1.24. The van der Waals surface area contributed by atoms with E-state index in [2.05, 4.69) is 15.6 Å². The molecule has 2 aromatic rings. The highest BCUT2D eigenvalue weighted by Gasteiger charge is 2.28. The number of rotatable bonds is 3. The maximum Gasteiger partial charge on any atom is 0.243 e. The lowest BCUT2D eigenvalue weighted by Crippen LogP contribution is -2.35. The minimum Gasteiger partial charge on any atom is -0.486 e. The van der Waals surface area contributed by atoms with Gasteiger partial charge in [-0.1, -0.05) is 0 Å². The number of thiazole rings is 1. The maximum atomic E-state index is 12.1. The second-order valence-electron chi connectivity index (χ2n) is 5.74. The maximum absolute atomic E-state index is 12.1. The van der Waals surface area contributed by atoms with Crippen molar-refractivity contribution in [2.24, 2.45) is 0 Å². The topological polar surface area (TPSA) is 92.7 Å². The smallest absolute Gasteiger partial charge is 0.243 e. The van der Waals surface area contributed by atoms with Gasteiger partial charge in [0.05, 0.1) is 17.8 Å². The highest BCUT2D eigenvalue weighted by atomic mass is 32.1. The molecule has 1 aromatic carbocycles. The van der Waals surface area contributed by atoms with Crippen LogP contribution in [-0.2, 0) is 4.79 Å². The summed E-state index contributed by atoms with van der Waals surface area (Å²) >= 11 is 1.36. The van der Waals surface area contributed by atoms with Crippen LogP contribution in [0.5, 0.6) is 11.5 Å². The molecule has 0 spiro atoms. The average molecular weight is 347 g/mol. The fraction of sp³-hybridized carbons (Fsp3) is 0.375. The zero-order valence-electron chi connectivity index (χ0n) is 12.8. The molecule has 2 aliphatic rings. The van der Waals surface area contributed by atoms with E-state index in [0.29, 0.717) is 37.1 Å². The van der Waals surface area contributed by atoms with Crippen LogP contribution < -0.4 is 20.1 Å². The lowest BCUT2D eigenvalue weighted by Gasteiger charge is -2.18. The number of benzene rings is 1. The van der Waals surface area contributed by atoms with E-state index in [1.54, 1.807) is 0 Å². The number of anilines is 1. The fourth-order valence-corrected chi connectivity index (χ4v) is 3.50. The highest BCUT2D eigenvalue weighted by Crippen LogP contribution is 2.35. The van der Waals surface area contributed by atoms with Gasteiger partial charge in [-0.25, -0.2) is 4.98 Å². The molecule has 1 fully saturated rings. The summed E-state index contributed by atoms with van der Waals surface area (Å²) < 4.78 is 11.1. The lowest BCUT2D eigenvalue weighted by atomic mass is 10.1. The minimum absolute atomic E-state index is 0.172. The van der Waals surface area contributed by atoms with Gasteiger partial charge in [0, 0.05) is 17.5 Å². The van der Waals surface area contributed by atoms with Gasteiger partial charge in [-0.2, -0.15) is 0 Å². The molecule has 0 bridgehead atoms. The quantitative estimate of drug-likeness (QED) is 0.774. The van der Waals surface area contributed by atoms with Crippen molar-refractivity contribution in [1.29, 1.82) is 0 Å². The Balaban J connectivity index is 1.47. The largest absolute Gasteiger partial charge is 0.486 e. The summed E-state index contributed by atoms with van der Waals surface area (Å²) in [5.41, 5.74) is 1.68. The summed E-state index contributed by atoms with van der Waals surface area (Å²) in [6.45, 7) is 1.54. The molecule has 1 saturated heterocycles. The van der Waals surface area contributed by atoms with E-state index in [0.717, 1.165) is 17.0 Å². The number of carbonyl (C=O) groups excluding carboxylic acids is 1. The Kier molecular flexibility index (Phi) is 4.09. The molecule has 126 valence electrons. The van der Waals surface area contributed by atoms with Crippen LogP contribution in [0.25, 0.3) is 11.3 Å². The van der Waals surface area contributed by atoms with Crippen molar-refractivity contribution in [3.8, 4) is 22.8 Å². The predicted molar refractivity (Wildman–Crippen MR) is 89.6 cm³/mol. The summed E-state index contributed by atoms with van der Waals surface area (Å²) in [5.74, 6) is 1.27. The molecule has 7 nitrogen and oxygen atoms in total. The van der Waals surface area contributed by atoms with Gasteiger partial charge in [-0.15, -0.1) is 11.3 Å². The Hall–Kier alpha value is -2.16. The average Bonchev–Trinajstić information content (AvgIpc) is 3.23. The Morgan fingerprint density at radius 3 is 2.96 bits per heavy atom. The van der Waals surface area contributed by atoms with Crippen LogP contribution in [0.15, 0.2) is 23.6 Å². The van der Waals surface area contributed by atoms with E-state index in [-0.39, 0.29) is 11.9 Å². The number of nitrogens with one attached hydrogen (secondary N) is 2. The van der Waals surface area contributed by atoms with Crippen LogP contribution in [0, 0.1) is 0 Å². The molecule has 0 unspecified atom stereocenters. The number of ether oxygens (including phenoxy) is 2. The number of aliphatic hydroxyl groups excluding tert-OH is 1. The first-order valence-corrected chi connectivity index (χ1v) is 8.65. The number of β-amino-alcohol motifs (C(OH)–C–C–N with tert-alkyl or cyclic N) is 1. The Labute approximate surface area is 142 Å². The number of aliphatic hydroxyl groups is 1. The van der Waals surface area contributed by atoms with Crippen molar-refractivity contribution in [2.75, 3.05) is 25.1 Å². The summed E-state index contributed by atoms with van der Waals surface area (Å²) in [7, 11) is 0. The third-order valence-electron chi connectivity index (χ3n) is 4.00. The molecule has 2 atom stereocenters. The summed E-state index contributed by atoms with van der Waals surface area (Å²) in [4.78, 5) is 16.6. The van der Waals surface area contributed by atoms with Gasteiger partial charge < -0.3 is 25.2 Å². The Morgan fingerprint density at radius 1 is 1.33 bits per heavy atom. The number of hydrogen-bond donors (Lipinski definition) is 3. The number of amides is 1. The van der Waals surface area contributed by atoms with Crippen molar-refractivity contribution in [1.82, 2.24) is 10.3 Å². The van der Waals surface area contributed by atoms with Crippen molar-refractivity contribution < 1.29 is 19.4 Å². The van der Waals surface area contributed by atoms with Gasteiger partial charge in [0.15, 0.2) is 16.6 Å². The van der Waals surface area contributed by atoms with Gasteiger partial charge in [0.1, 0.15) is 13.2 Å². The molecule has 2 aliphatic heterocycles. The van der Waals surface area contributed by atoms with Crippen molar-refractivity contribution in [3.05, 3.63) is 23.6 Å². The standard InChI is InChI=1S/C16H17N3O4S/c20-10-6-11(17-7-10)15(21)19-16-18-12(8-24-16)9-1-2-13-14(5-9)23-4-3-22-13/h1-2,5,8,10-11,17,20H,3-4,6-7H2,(H,18,19,21)/t10-,11+/m1/s1. The molecule has 0 aliphatic carbocycles. The van der Waals surface area contributed by atoms with Gasteiger partial charge in [-0.3, -0.25) is 4.79 Å². The van der Waals surface area contributed by atoms with E-state index in [4.69, 9.17) is 9.47 Å². The summed E-state index contributed by atoms with van der Waals surface area (Å²) in [6, 6.07) is 5.31. The SMILES string of the molecule is O=C(Nc1nc(-c2ccc3c(c2)OCCO3)cs1)[C@@H]1C[C@@H](O)CN1. The zero-order valence-corrected chi connectivity index (χ0v) is 13.6. The number of fused-ring (bicyclic) bond motifs is 1. The monoisotopic (exact) mass is 347 g/mol. The van der Waals surface area contributed by atoms with Gasteiger partial charge in [0.2, 0.25) is 5.91 Å². The van der Waals surface area contributed by atoms with Crippen LogP contribution in [0.4, 0.5) is 5.13 Å². The molecule has 4 rings (SSSR count). The number of hydrogen-bond acceptors (Lipinski definition) is 7. The van der Waals surface area contributed by atoms with Crippen LogP contribution in [0.1, 0.15) is 6.42 Å². The normalized spacial score (nSPS) is 22.4. The fourth-order valence-electron chi connectivity index (χ4n) is 2.78. The molecule has 3 N–H and O–H groups in total. The van der Waals surface area contributed by atoms with Gasteiger partial charge in [0.25, 0.3) is 0 Å². The van der Waals surface area contributed by atoms with E-state index in [9.17, 15) is 9.90 Å². The third kappa shape index (κ3) is 3.08. The number of aromatic nitrogens is 1. The molecular weight excluding hydrogens is 330 g/mol. The minimum atomic E-state index is -0.467. The Morgan fingerprint density at radius 2 is 2.17 bits per heavy atom. The molecular formula is C16H17N3O4S. The first kappa shape index (κ1) is 15.4. The van der Waals surface area contributed by atoms with Crippen LogP contribution in [0.3, 0.4) is 0 Å². The molecule has 0 radical (unpaired) electrons. The second-order valence-corrected chi connectivity index (χ2v) is 6.59. The van der Waals surface area contributed by atoms with Crippen molar-refractivity contribution >= 4 is 22.4 Å².